The maximum absolute atomic E-state index is 13.0. The van der Waals surface area contributed by atoms with E-state index in [0.29, 0.717) is 16.2 Å². The SMILES string of the molecule is Cc1ccc(C2=C(SCCO)C(=O)N(Cc3cccnc3)C2=O)cc1C. The van der Waals surface area contributed by atoms with Crippen molar-refractivity contribution in [2.45, 2.75) is 20.4 Å². The van der Waals surface area contributed by atoms with E-state index >= 15 is 0 Å². The summed E-state index contributed by atoms with van der Waals surface area (Å²) in [5, 5.41) is 9.16. The maximum atomic E-state index is 13.0. The molecule has 0 atom stereocenters. The molecular formula is C20H20N2O3S. The summed E-state index contributed by atoms with van der Waals surface area (Å²) in [6, 6.07) is 9.37. The Morgan fingerprint density at radius 2 is 1.92 bits per heavy atom. The van der Waals surface area contributed by atoms with Gasteiger partial charge >= 0.3 is 0 Å². The van der Waals surface area contributed by atoms with Crippen LogP contribution in [0.3, 0.4) is 0 Å². The third kappa shape index (κ3) is 3.57. The molecule has 0 bridgehead atoms. The average Bonchev–Trinajstić information content (AvgIpc) is 2.87. The number of amides is 2. The smallest absolute Gasteiger partial charge is 0.268 e. The number of carbonyl (C=O) groups excluding carboxylic acids is 2. The van der Waals surface area contributed by atoms with E-state index in [1.807, 2.05) is 38.1 Å². The van der Waals surface area contributed by atoms with E-state index in [9.17, 15) is 9.59 Å². The standard InChI is InChI=1S/C20H20N2O3S/c1-13-5-6-16(10-14(13)2)17-18(26-9-8-23)20(25)22(19(17)24)12-15-4-3-7-21-11-15/h3-7,10-11,23H,8-9,12H2,1-2H3. The molecule has 0 unspecified atom stereocenters. The van der Waals surface area contributed by atoms with Crippen LogP contribution in [0.4, 0.5) is 0 Å². The monoisotopic (exact) mass is 368 g/mol. The molecule has 1 aliphatic rings. The molecule has 1 aromatic heterocycles. The Kier molecular flexibility index (Phi) is 5.54. The number of aromatic nitrogens is 1. The first-order valence-corrected chi connectivity index (χ1v) is 9.32. The number of aliphatic hydroxyl groups excluding tert-OH is 1. The van der Waals surface area contributed by atoms with Crippen LogP contribution in [0.1, 0.15) is 22.3 Å². The first-order chi connectivity index (χ1) is 12.5. The van der Waals surface area contributed by atoms with E-state index in [-0.39, 0.29) is 25.0 Å². The van der Waals surface area contributed by atoms with Gasteiger partial charge in [0, 0.05) is 18.1 Å². The molecule has 26 heavy (non-hydrogen) atoms. The fourth-order valence-electron chi connectivity index (χ4n) is 2.80. The van der Waals surface area contributed by atoms with Crippen molar-refractivity contribution in [2.24, 2.45) is 0 Å². The minimum atomic E-state index is -0.314. The number of thioether (sulfide) groups is 1. The molecule has 0 saturated carbocycles. The lowest BCUT2D eigenvalue weighted by molar-refractivity contribution is -0.137. The van der Waals surface area contributed by atoms with E-state index in [1.54, 1.807) is 18.5 Å². The van der Waals surface area contributed by atoms with E-state index in [0.717, 1.165) is 22.3 Å². The highest BCUT2D eigenvalue weighted by atomic mass is 32.2. The fourth-order valence-corrected chi connectivity index (χ4v) is 3.68. The molecule has 0 saturated heterocycles. The summed E-state index contributed by atoms with van der Waals surface area (Å²) in [6.07, 6.45) is 3.30. The predicted octanol–water partition coefficient (Wildman–Crippen LogP) is 2.70. The molecule has 6 heteroatoms. The minimum absolute atomic E-state index is 0.0571. The third-order valence-corrected chi connectivity index (χ3v) is 5.38. The minimum Gasteiger partial charge on any atom is -0.396 e. The summed E-state index contributed by atoms with van der Waals surface area (Å²) < 4.78 is 0. The number of benzene rings is 1. The zero-order valence-electron chi connectivity index (χ0n) is 14.7. The van der Waals surface area contributed by atoms with Gasteiger partial charge < -0.3 is 5.11 Å². The Morgan fingerprint density at radius 1 is 1.12 bits per heavy atom. The van der Waals surface area contributed by atoms with Crippen molar-refractivity contribution in [3.05, 3.63) is 69.9 Å². The Hall–Kier alpha value is -2.44. The van der Waals surface area contributed by atoms with Gasteiger partial charge in [-0.15, -0.1) is 11.8 Å². The first kappa shape index (κ1) is 18.4. The highest BCUT2D eigenvalue weighted by Gasteiger charge is 2.39. The zero-order chi connectivity index (χ0) is 18.7. The molecule has 2 heterocycles. The molecule has 134 valence electrons. The quantitative estimate of drug-likeness (QED) is 0.794. The summed E-state index contributed by atoms with van der Waals surface area (Å²) in [4.78, 5) is 31.6. The third-order valence-electron chi connectivity index (χ3n) is 4.32. The van der Waals surface area contributed by atoms with E-state index in [2.05, 4.69) is 4.98 Å². The highest BCUT2D eigenvalue weighted by molar-refractivity contribution is 8.04. The number of carbonyl (C=O) groups is 2. The van der Waals surface area contributed by atoms with Crippen LogP contribution < -0.4 is 0 Å². The van der Waals surface area contributed by atoms with Gasteiger partial charge in [-0.25, -0.2) is 0 Å². The first-order valence-electron chi connectivity index (χ1n) is 8.33. The van der Waals surface area contributed by atoms with Gasteiger partial charge in [0.05, 0.1) is 23.6 Å². The van der Waals surface area contributed by atoms with Crippen molar-refractivity contribution in [1.29, 1.82) is 0 Å². The lowest BCUT2D eigenvalue weighted by atomic mass is 10.0. The molecule has 1 aliphatic heterocycles. The van der Waals surface area contributed by atoms with Gasteiger partial charge in [0.2, 0.25) is 0 Å². The van der Waals surface area contributed by atoms with Crippen molar-refractivity contribution in [3.63, 3.8) is 0 Å². The lowest BCUT2D eigenvalue weighted by Crippen LogP contribution is -2.31. The number of pyridine rings is 1. The number of aryl methyl sites for hydroxylation is 2. The summed E-state index contributed by atoms with van der Waals surface area (Å²) in [6.45, 7) is 4.11. The Balaban J connectivity index is 1.99. The van der Waals surface area contributed by atoms with Gasteiger partial charge in [-0.3, -0.25) is 19.5 Å². The largest absolute Gasteiger partial charge is 0.396 e. The van der Waals surface area contributed by atoms with E-state index < -0.39 is 0 Å². The van der Waals surface area contributed by atoms with Crippen LogP contribution >= 0.6 is 11.8 Å². The molecule has 0 aliphatic carbocycles. The van der Waals surface area contributed by atoms with Crippen LogP contribution in [0, 0.1) is 13.8 Å². The summed E-state index contributed by atoms with van der Waals surface area (Å²) >= 11 is 1.23. The summed E-state index contributed by atoms with van der Waals surface area (Å²) in [5.41, 5.74) is 4.14. The number of nitrogens with zero attached hydrogens (tertiary/aromatic N) is 2. The summed E-state index contributed by atoms with van der Waals surface area (Å²) in [5.74, 6) is -0.253. The maximum Gasteiger partial charge on any atom is 0.268 e. The molecule has 2 aromatic rings. The van der Waals surface area contributed by atoms with Crippen LogP contribution in [0.5, 0.6) is 0 Å². The van der Waals surface area contributed by atoms with Gasteiger partial charge in [0.25, 0.3) is 11.8 Å². The van der Waals surface area contributed by atoms with Crippen molar-refractivity contribution in [3.8, 4) is 0 Å². The van der Waals surface area contributed by atoms with Crippen LogP contribution in [0.2, 0.25) is 0 Å². The van der Waals surface area contributed by atoms with Crippen LogP contribution in [-0.2, 0) is 16.1 Å². The van der Waals surface area contributed by atoms with E-state index in [1.165, 1.54) is 16.7 Å². The molecule has 0 fully saturated rings. The number of hydrogen-bond acceptors (Lipinski definition) is 5. The van der Waals surface area contributed by atoms with Gasteiger partial charge in [-0.1, -0.05) is 24.3 Å². The van der Waals surface area contributed by atoms with Crippen LogP contribution in [0.15, 0.2) is 47.6 Å². The second-order valence-electron chi connectivity index (χ2n) is 6.13. The van der Waals surface area contributed by atoms with E-state index in [4.69, 9.17) is 5.11 Å². The van der Waals surface area contributed by atoms with Crippen molar-refractivity contribution in [2.75, 3.05) is 12.4 Å². The highest BCUT2D eigenvalue weighted by Crippen LogP contribution is 2.37. The number of hydrogen-bond donors (Lipinski definition) is 1. The molecule has 3 rings (SSSR count). The predicted molar refractivity (Wildman–Crippen MR) is 102 cm³/mol. The second kappa shape index (κ2) is 7.85. The van der Waals surface area contributed by atoms with Gasteiger partial charge in [0.1, 0.15) is 0 Å². The van der Waals surface area contributed by atoms with Crippen molar-refractivity contribution < 1.29 is 14.7 Å². The lowest BCUT2D eigenvalue weighted by Gasteiger charge is -2.15. The summed E-state index contributed by atoms with van der Waals surface area (Å²) in [7, 11) is 0. The molecule has 0 radical (unpaired) electrons. The number of rotatable bonds is 6. The van der Waals surface area contributed by atoms with Gasteiger partial charge in [0.15, 0.2) is 0 Å². The molecular weight excluding hydrogens is 348 g/mol. The normalized spacial score (nSPS) is 14.5. The van der Waals surface area contributed by atoms with Crippen LogP contribution in [0.25, 0.3) is 5.57 Å². The Morgan fingerprint density at radius 3 is 2.58 bits per heavy atom. The topological polar surface area (TPSA) is 70.5 Å². The second-order valence-corrected chi connectivity index (χ2v) is 7.24. The fraction of sp³-hybridized carbons (Fsp3) is 0.250. The molecule has 2 amide bonds. The Labute approximate surface area is 156 Å². The zero-order valence-corrected chi connectivity index (χ0v) is 15.5. The van der Waals surface area contributed by atoms with Crippen molar-refractivity contribution >= 4 is 29.1 Å². The molecule has 1 N–H and O–H groups in total. The Bertz CT molecular complexity index is 878. The molecule has 5 nitrogen and oxygen atoms in total. The number of aliphatic hydroxyl groups is 1. The van der Waals surface area contributed by atoms with Gasteiger partial charge in [-0.2, -0.15) is 0 Å². The molecule has 0 spiro atoms. The van der Waals surface area contributed by atoms with Crippen LogP contribution in [-0.4, -0.2) is 39.2 Å². The number of imide groups is 1. The molecule has 1 aromatic carbocycles. The van der Waals surface area contributed by atoms with Crippen molar-refractivity contribution in [1.82, 2.24) is 9.88 Å². The van der Waals surface area contributed by atoms with Gasteiger partial charge in [-0.05, 0) is 42.2 Å². The average molecular weight is 368 g/mol.